The monoisotopic (exact) mass is 228 g/mol. The van der Waals surface area contributed by atoms with Crippen LogP contribution in [-0.4, -0.2) is 21.1 Å². The van der Waals surface area contributed by atoms with Crippen LogP contribution in [-0.2, 0) is 0 Å². The van der Waals surface area contributed by atoms with Gasteiger partial charge in [-0.15, -0.1) is 0 Å². The number of carbonyl (C=O) groups is 2. The second-order valence-corrected chi connectivity index (χ2v) is 1.95. The van der Waals surface area contributed by atoms with Gasteiger partial charge in [0.1, 0.15) is 0 Å². The van der Waals surface area contributed by atoms with Crippen molar-refractivity contribution in [3.05, 3.63) is 24.7 Å². The summed E-state index contributed by atoms with van der Waals surface area (Å²) in [5.74, 6) is 0. The highest BCUT2D eigenvalue weighted by Gasteiger charge is 1.71. The molecule has 7 heteroatoms. The van der Waals surface area contributed by atoms with Gasteiger partial charge >= 0.3 is 10.9 Å². The third-order valence-electron chi connectivity index (χ3n) is 0.425. The molecular weight excluding hydrogens is 223 g/mol. The van der Waals surface area contributed by atoms with Gasteiger partial charge in [-0.05, 0) is 12.1 Å². The third-order valence-corrected chi connectivity index (χ3v) is 0.425. The number of carboxylic acid groups (broad SMARTS) is 2. The summed E-state index contributed by atoms with van der Waals surface area (Å²) >= 11 is 8.38. The van der Waals surface area contributed by atoms with E-state index in [9.17, 15) is 0 Å². The van der Waals surface area contributed by atoms with Crippen LogP contribution in [0.1, 0.15) is 0 Å². The number of halogens is 2. The minimum absolute atomic E-state index is 1.36. The normalized spacial score (nSPS) is 6.92. The lowest BCUT2D eigenvalue weighted by Gasteiger charge is -1.55. The molecule has 0 amide bonds. The van der Waals surface area contributed by atoms with Crippen LogP contribution in [0.15, 0.2) is 29.1 Å². The minimum Gasteiger partial charge on any atom is -0.473 e. The van der Waals surface area contributed by atoms with E-state index in [0.717, 1.165) is 0 Å². The molecule has 0 bridgehead atoms. The fraction of sp³-hybridized carbons (Fsp3) is 0. The average molecular weight is 229 g/mol. The fourth-order valence-corrected chi connectivity index (χ4v) is 0.227. The van der Waals surface area contributed by atoms with E-state index in [-0.39, 0.29) is 0 Å². The minimum atomic E-state index is -1.36. The van der Waals surface area contributed by atoms with Crippen molar-refractivity contribution < 1.29 is 24.2 Å². The van der Waals surface area contributed by atoms with Gasteiger partial charge in [-0.25, -0.2) is 9.59 Å². The molecule has 1 rings (SSSR count). The summed E-state index contributed by atoms with van der Waals surface area (Å²) in [5.41, 5.74) is -2.72. The summed E-state index contributed by atoms with van der Waals surface area (Å²) in [4.78, 5) is 17.5. The molecule has 0 unspecified atom stereocenters. The predicted octanol–water partition coefficient (Wildman–Crippen LogP) is 3.09. The van der Waals surface area contributed by atoms with Crippen molar-refractivity contribution in [3.63, 3.8) is 0 Å². The molecule has 1 aromatic heterocycles. The molecule has 0 fully saturated rings. The number of hydrogen-bond donors (Lipinski definition) is 2. The number of furan rings is 1. The lowest BCUT2D eigenvalue weighted by Crippen LogP contribution is -1.66. The zero-order valence-corrected chi connectivity index (χ0v) is 7.70. The summed E-state index contributed by atoms with van der Waals surface area (Å²) in [7, 11) is 0. The third kappa shape index (κ3) is 57.9. The Labute approximate surface area is 83.5 Å². The lowest BCUT2D eigenvalue weighted by atomic mass is 10.7. The molecule has 74 valence electrons. The highest BCUT2D eigenvalue weighted by molar-refractivity contribution is 6.60. The summed E-state index contributed by atoms with van der Waals surface area (Å²) in [5, 5.41) is 14.4. The van der Waals surface area contributed by atoms with E-state index in [4.69, 9.17) is 19.8 Å². The van der Waals surface area contributed by atoms with Crippen molar-refractivity contribution in [3.8, 4) is 0 Å². The zero-order chi connectivity index (χ0) is 10.7. The van der Waals surface area contributed by atoms with E-state index in [1.54, 1.807) is 12.5 Å². The molecule has 5 nitrogen and oxygen atoms in total. The molecule has 0 radical (unpaired) electrons. The van der Waals surface area contributed by atoms with Gasteiger partial charge in [0, 0.05) is 23.2 Å². The SMILES string of the molecule is O=C(O)Cl.O=C(O)Cl.c1ccoc1. The smallest absolute Gasteiger partial charge is 0.401 e. The fourth-order valence-electron chi connectivity index (χ4n) is 0.227. The molecule has 0 aliphatic heterocycles. The van der Waals surface area contributed by atoms with Gasteiger partial charge in [0.25, 0.3) is 0 Å². The Morgan fingerprint density at radius 3 is 1.31 bits per heavy atom. The van der Waals surface area contributed by atoms with Crippen LogP contribution in [0.25, 0.3) is 0 Å². The van der Waals surface area contributed by atoms with E-state index in [0.29, 0.717) is 0 Å². The van der Waals surface area contributed by atoms with Crippen LogP contribution >= 0.6 is 23.2 Å². The molecule has 13 heavy (non-hydrogen) atoms. The summed E-state index contributed by atoms with van der Waals surface area (Å²) in [6, 6.07) is 3.67. The molecule has 1 heterocycles. The van der Waals surface area contributed by atoms with E-state index in [1.807, 2.05) is 12.1 Å². The summed E-state index contributed by atoms with van der Waals surface area (Å²) in [6.45, 7) is 0. The van der Waals surface area contributed by atoms with Crippen molar-refractivity contribution >= 4 is 34.1 Å². The zero-order valence-electron chi connectivity index (χ0n) is 6.18. The molecule has 0 saturated heterocycles. The Hall–Kier alpha value is -1.20. The molecule has 0 atom stereocenters. The summed E-state index contributed by atoms with van der Waals surface area (Å²) < 4.78 is 4.58. The first-order chi connectivity index (χ1) is 5.96. The van der Waals surface area contributed by atoms with Gasteiger partial charge < -0.3 is 14.6 Å². The average Bonchev–Trinajstić information content (AvgIpc) is 2.35. The topological polar surface area (TPSA) is 87.7 Å². The van der Waals surface area contributed by atoms with Crippen LogP contribution in [0.2, 0.25) is 0 Å². The van der Waals surface area contributed by atoms with E-state index in [2.05, 4.69) is 27.6 Å². The van der Waals surface area contributed by atoms with Crippen LogP contribution in [0.5, 0.6) is 0 Å². The summed E-state index contributed by atoms with van der Waals surface area (Å²) in [6.07, 6.45) is 3.25. The highest BCUT2D eigenvalue weighted by atomic mass is 35.5. The molecule has 0 saturated carbocycles. The first-order valence-electron chi connectivity index (χ1n) is 2.70. The maximum absolute atomic E-state index is 8.77. The molecule has 0 aromatic carbocycles. The highest BCUT2D eigenvalue weighted by Crippen LogP contribution is 1.79. The Morgan fingerprint density at radius 2 is 1.23 bits per heavy atom. The van der Waals surface area contributed by atoms with Gasteiger partial charge in [-0.3, -0.25) is 0 Å². The van der Waals surface area contributed by atoms with Crippen LogP contribution in [0.3, 0.4) is 0 Å². The first-order valence-corrected chi connectivity index (χ1v) is 3.46. The number of hydrogen-bond acceptors (Lipinski definition) is 3. The Bertz CT molecular complexity index is 184. The quantitative estimate of drug-likeness (QED) is 0.667. The van der Waals surface area contributed by atoms with Crippen molar-refractivity contribution in [2.75, 3.05) is 0 Å². The van der Waals surface area contributed by atoms with Crippen LogP contribution in [0, 0.1) is 0 Å². The van der Waals surface area contributed by atoms with Gasteiger partial charge in [0.05, 0.1) is 12.5 Å². The Morgan fingerprint density at radius 1 is 1.00 bits per heavy atom. The maximum Gasteiger partial charge on any atom is 0.401 e. The second-order valence-electron chi connectivity index (χ2n) is 1.30. The van der Waals surface area contributed by atoms with E-state index in [1.165, 1.54) is 0 Å². The number of rotatable bonds is 0. The predicted molar refractivity (Wildman–Crippen MR) is 46.5 cm³/mol. The lowest BCUT2D eigenvalue weighted by molar-refractivity contribution is 0.219. The van der Waals surface area contributed by atoms with Crippen LogP contribution in [0.4, 0.5) is 9.59 Å². The Balaban J connectivity index is 0. The van der Waals surface area contributed by atoms with E-state index < -0.39 is 10.9 Å². The van der Waals surface area contributed by atoms with E-state index >= 15 is 0 Å². The van der Waals surface area contributed by atoms with Crippen molar-refractivity contribution in [1.29, 1.82) is 0 Å². The van der Waals surface area contributed by atoms with Crippen LogP contribution < -0.4 is 0 Å². The van der Waals surface area contributed by atoms with Crippen molar-refractivity contribution in [2.24, 2.45) is 0 Å². The van der Waals surface area contributed by atoms with Gasteiger partial charge in [0.2, 0.25) is 0 Å². The van der Waals surface area contributed by atoms with Crippen molar-refractivity contribution in [1.82, 2.24) is 0 Å². The largest absolute Gasteiger partial charge is 0.473 e. The van der Waals surface area contributed by atoms with Gasteiger partial charge in [-0.1, -0.05) is 0 Å². The maximum atomic E-state index is 8.77. The molecule has 1 aromatic rings. The van der Waals surface area contributed by atoms with Crippen molar-refractivity contribution in [2.45, 2.75) is 0 Å². The molecule has 0 aliphatic rings. The first kappa shape index (κ1) is 14.3. The van der Waals surface area contributed by atoms with Gasteiger partial charge in [-0.2, -0.15) is 0 Å². The standard InChI is InChI=1S/C4H4O.2CHClO2/c1-2-4-5-3-1;2*2-1(3)4/h1-4H;2*(H,3,4). The molecule has 0 spiro atoms. The molecule has 2 N–H and O–H groups in total. The molecular formula is C6H6Cl2O5. The second kappa shape index (κ2) is 10.8. The van der Waals surface area contributed by atoms with Gasteiger partial charge in [0.15, 0.2) is 0 Å². The Kier molecular flexibility index (Phi) is 11.9. The molecule has 0 aliphatic carbocycles.